The molecule has 2 saturated heterocycles. The van der Waals surface area contributed by atoms with Gasteiger partial charge < -0.3 is 15.0 Å². The summed E-state index contributed by atoms with van der Waals surface area (Å²) in [6, 6.07) is 0. The Labute approximate surface area is 148 Å². The van der Waals surface area contributed by atoms with Crippen LogP contribution in [0, 0.1) is 11.3 Å². The summed E-state index contributed by atoms with van der Waals surface area (Å²) in [5.41, 5.74) is 0.257. The summed E-state index contributed by atoms with van der Waals surface area (Å²) in [5, 5.41) is 10.1. The lowest BCUT2D eigenvalue weighted by atomic mass is 9.64. The van der Waals surface area contributed by atoms with Crippen molar-refractivity contribution in [1.29, 1.82) is 0 Å². The second kappa shape index (κ2) is 7.09. The molecule has 0 aromatic carbocycles. The van der Waals surface area contributed by atoms with E-state index in [9.17, 15) is 5.11 Å². The Kier molecular flexibility index (Phi) is 4.67. The van der Waals surface area contributed by atoms with Gasteiger partial charge in [0, 0.05) is 50.4 Å². The Bertz CT molecular complexity index is 653. The summed E-state index contributed by atoms with van der Waals surface area (Å²) in [6.45, 7) is 5.14. The summed E-state index contributed by atoms with van der Waals surface area (Å²) in [7, 11) is 0. The SMILES string of the molecule is OC[C@H]1CN(c2cnccn2)CCC12CCN(Cc1ncc[nH]1)CC2. The third-order valence-electron chi connectivity index (χ3n) is 6.06. The van der Waals surface area contributed by atoms with Gasteiger partial charge in [0.25, 0.3) is 0 Å². The van der Waals surface area contributed by atoms with Gasteiger partial charge in [0.05, 0.1) is 12.7 Å². The molecule has 2 aromatic rings. The molecule has 134 valence electrons. The number of hydrogen-bond acceptors (Lipinski definition) is 6. The number of imidazole rings is 1. The van der Waals surface area contributed by atoms with Gasteiger partial charge >= 0.3 is 0 Å². The summed E-state index contributed by atoms with van der Waals surface area (Å²) >= 11 is 0. The first-order chi connectivity index (χ1) is 12.3. The molecule has 7 nitrogen and oxygen atoms in total. The van der Waals surface area contributed by atoms with Crippen LogP contribution in [0.25, 0.3) is 0 Å². The molecule has 2 aromatic heterocycles. The van der Waals surface area contributed by atoms with Crippen molar-refractivity contribution in [3.63, 3.8) is 0 Å². The molecule has 2 fully saturated rings. The van der Waals surface area contributed by atoms with E-state index in [1.54, 1.807) is 12.4 Å². The van der Waals surface area contributed by atoms with Crippen LogP contribution >= 0.6 is 0 Å². The number of hydrogen-bond donors (Lipinski definition) is 2. The van der Waals surface area contributed by atoms with E-state index in [-0.39, 0.29) is 12.0 Å². The van der Waals surface area contributed by atoms with E-state index in [2.05, 4.69) is 29.7 Å². The average Bonchev–Trinajstić information content (AvgIpc) is 3.18. The molecule has 0 amide bonds. The van der Waals surface area contributed by atoms with Gasteiger partial charge in [0.2, 0.25) is 0 Å². The fourth-order valence-electron chi connectivity index (χ4n) is 4.44. The van der Waals surface area contributed by atoms with Crippen molar-refractivity contribution >= 4 is 5.82 Å². The molecule has 4 heterocycles. The van der Waals surface area contributed by atoms with Crippen LogP contribution in [-0.2, 0) is 6.54 Å². The van der Waals surface area contributed by atoms with E-state index >= 15 is 0 Å². The average molecular weight is 342 g/mol. The first kappa shape index (κ1) is 16.5. The largest absolute Gasteiger partial charge is 0.396 e. The van der Waals surface area contributed by atoms with Crippen molar-refractivity contribution in [2.24, 2.45) is 11.3 Å². The van der Waals surface area contributed by atoms with Crippen LogP contribution in [-0.4, -0.2) is 62.7 Å². The molecule has 0 bridgehead atoms. The Morgan fingerprint density at radius 2 is 1.96 bits per heavy atom. The zero-order chi connectivity index (χ0) is 17.1. The maximum absolute atomic E-state index is 10.1. The zero-order valence-corrected chi connectivity index (χ0v) is 14.5. The number of anilines is 1. The Balaban J connectivity index is 1.39. The number of H-pyrrole nitrogens is 1. The van der Waals surface area contributed by atoms with E-state index in [1.807, 2.05) is 18.6 Å². The van der Waals surface area contributed by atoms with Crippen molar-refractivity contribution in [3.05, 3.63) is 36.8 Å². The van der Waals surface area contributed by atoms with Crippen LogP contribution in [0.3, 0.4) is 0 Å². The summed E-state index contributed by atoms with van der Waals surface area (Å²) in [6.07, 6.45) is 12.4. The number of aliphatic hydroxyl groups is 1. The van der Waals surface area contributed by atoms with Crippen LogP contribution in [0.1, 0.15) is 25.1 Å². The van der Waals surface area contributed by atoms with E-state index in [0.717, 1.165) is 63.6 Å². The van der Waals surface area contributed by atoms with Crippen molar-refractivity contribution in [2.75, 3.05) is 37.7 Å². The molecular weight excluding hydrogens is 316 g/mol. The predicted molar refractivity (Wildman–Crippen MR) is 95.0 cm³/mol. The van der Waals surface area contributed by atoms with Crippen LogP contribution in [0.4, 0.5) is 5.82 Å². The number of rotatable bonds is 4. The van der Waals surface area contributed by atoms with Crippen LogP contribution < -0.4 is 4.90 Å². The Morgan fingerprint density at radius 1 is 1.12 bits per heavy atom. The maximum atomic E-state index is 10.1. The molecule has 2 aliphatic heterocycles. The van der Waals surface area contributed by atoms with Crippen molar-refractivity contribution in [1.82, 2.24) is 24.8 Å². The minimum Gasteiger partial charge on any atom is -0.396 e. The lowest BCUT2D eigenvalue weighted by Crippen LogP contribution is -2.53. The van der Waals surface area contributed by atoms with Gasteiger partial charge in [0.15, 0.2) is 0 Å². The minimum atomic E-state index is 0.245. The smallest absolute Gasteiger partial charge is 0.147 e. The number of likely N-dealkylation sites (tertiary alicyclic amines) is 1. The van der Waals surface area contributed by atoms with Gasteiger partial charge in [-0.15, -0.1) is 0 Å². The number of aromatic nitrogens is 4. The Morgan fingerprint density at radius 3 is 2.64 bits per heavy atom. The monoisotopic (exact) mass is 342 g/mol. The third kappa shape index (κ3) is 3.39. The molecule has 0 saturated carbocycles. The summed E-state index contributed by atoms with van der Waals surface area (Å²) < 4.78 is 0. The molecule has 25 heavy (non-hydrogen) atoms. The number of nitrogens with zero attached hydrogens (tertiary/aromatic N) is 5. The highest BCUT2D eigenvalue weighted by Crippen LogP contribution is 2.45. The van der Waals surface area contributed by atoms with Gasteiger partial charge in [0.1, 0.15) is 11.6 Å². The highest BCUT2D eigenvalue weighted by Gasteiger charge is 2.44. The number of piperidine rings is 2. The fraction of sp³-hybridized carbons (Fsp3) is 0.611. The summed E-state index contributed by atoms with van der Waals surface area (Å²) in [4.78, 5) is 20.9. The molecule has 0 radical (unpaired) electrons. The highest BCUT2D eigenvalue weighted by molar-refractivity contribution is 5.36. The van der Waals surface area contributed by atoms with Gasteiger partial charge in [-0.3, -0.25) is 9.88 Å². The zero-order valence-electron chi connectivity index (χ0n) is 14.5. The van der Waals surface area contributed by atoms with Crippen LogP contribution in [0.5, 0.6) is 0 Å². The van der Waals surface area contributed by atoms with Gasteiger partial charge in [-0.1, -0.05) is 0 Å². The van der Waals surface area contributed by atoms with E-state index in [1.165, 1.54) is 0 Å². The number of nitrogens with one attached hydrogen (secondary N) is 1. The fourth-order valence-corrected chi connectivity index (χ4v) is 4.44. The maximum Gasteiger partial charge on any atom is 0.147 e. The lowest BCUT2D eigenvalue weighted by Gasteiger charge is -2.51. The number of aliphatic hydroxyl groups excluding tert-OH is 1. The summed E-state index contributed by atoms with van der Waals surface area (Å²) in [5.74, 6) is 2.26. The second-order valence-corrected chi connectivity index (χ2v) is 7.31. The molecule has 2 N–H and O–H groups in total. The van der Waals surface area contributed by atoms with Gasteiger partial charge in [-0.25, -0.2) is 9.97 Å². The van der Waals surface area contributed by atoms with Crippen molar-refractivity contribution < 1.29 is 5.11 Å². The molecule has 2 aliphatic rings. The van der Waals surface area contributed by atoms with Crippen LogP contribution in [0.2, 0.25) is 0 Å². The first-order valence-electron chi connectivity index (χ1n) is 9.11. The lowest BCUT2D eigenvalue weighted by molar-refractivity contribution is 0.000526. The molecule has 4 rings (SSSR count). The standard InChI is InChI=1S/C18H26N6O/c25-14-15-12-24(17-11-19-4-5-22-17)10-3-18(15)1-8-23(9-2-18)13-16-20-6-7-21-16/h4-7,11,15,25H,1-3,8-10,12-14H2,(H,20,21)/t15-/m1/s1. The molecule has 0 aliphatic carbocycles. The van der Waals surface area contributed by atoms with Crippen molar-refractivity contribution in [3.8, 4) is 0 Å². The van der Waals surface area contributed by atoms with E-state index in [4.69, 9.17) is 0 Å². The second-order valence-electron chi connectivity index (χ2n) is 7.31. The molecule has 1 atom stereocenters. The Hall–Kier alpha value is -1.99. The first-order valence-corrected chi connectivity index (χ1v) is 9.11. The van der Waals surface area contributed by atoms with Crippen LogP contribution in [0.15, 0.2) is 31.0 Å². The third-order valence-corrected chi connectivity index (χ3v) is 6.06. The van der Waals surface area contributed by atoms with E-state index in [0.29, 0.717) is 5.92 Å². The minimum absolute atomic E-state index is 0.245. The van der Waals surface area contributed by atoms with E-state index < -0.39 is 0 Å². The highest BCUT2D eigenvalue weighted by atomic mass is 16.3. The normalized spacial score (nSPS) is 23.9. The van der Waals surface area contributed by atoms with Gasteiger partial charge in [-0.2, -0.15) is 0 Å². The predicted octanol–water partition coefficient (Wildman–Crippen LogP) is 1.30. The molecule has 0 unspecified atom stereocenters. The molecule has 7 heteroatoms. The number of aromatic amines is 1. The molecule has 1 spiro atoms. The topological polar surface area (TPSA) is 81.2 Å². The molecular formula is C18H26N6O. The van der Waals surface area contributed by atoms with Gasteiger partial charge in [-0.05, 0) is 37.8 Å². The quantitative estimate of drug-likeness (QED) is 0.872. The van der Waals surface area contributed by atoms with Crippen molar-refractivity contribution in [2.45, 2.75) is 25.8 Å².